The van der Waals surface area contributed by atoms with Crippen molar-refractivity contribution in [3.8, 4) is 0 Å². The van der Waals surface area contributed by atoms with Crippen molar-refractivity contribution >= 4 is 0 Å². The van der Waals surface area contributed by atoms with E-state index in [-0.39, 0.29) is 5.41 Å². The number of halogens is 2. The van der Waals surface area contributed by atoms with Crippen molar-refractivity contribution < 1.29 is 8.78 Å². The van der Waals surface area contributed by atoms with Crippen LogP contribution in [0.4, 0.5) is 8.78 Å². The molecule has 84 valence electrons. The van der Waals surface area contributed by atoms with Gasteiger partial charge < -0.3 is 5.32 Å². The summed E-state index contributed by atoms with van der Waals surface area (Å²) in [7, 11) is 0. The van der Waals surface area contributed by atoms with Gasteiger partial charge in [-0.15, -0.1) is 0 Å². The molecule has 0 spiro atoms. The molecule has 14 heavy (non-hydrogen) atoms. The molecular formula is C11H21F2N. The molecule has 0 aromatic carbocycles. The SMILES string of the molecule is CCNC1(C(F)F)CCCC(C)(C)C1. The molecule has 1 rings (SSSR count). The second-order valence-electron chi connectivity index (χ2n) is 5.18. The molecule has 1 fully saturated rings. The van der Waals surface area contributed by atoms with E-state index in [1.54, 1.807) is 0 Å². The van der Waals surface area contributed by atoms with Crippen LogP contribution in [0.15, 0.2) is 0 Å². The second-order valence-corrected chi connectivity index (χ2v) is 5.18. The van der Waals surface area contributed by atoms with E-state index in [0.29, 0.717) is 19.4 Å². The molecule has 1 aliphatic rings. The first-order valence-corrected chi connectivity index (χ1v) is 5.45. The molecule has 3 heteroatoms. The van der Waals surface area contributed by atoms with Crippen LogP contribution >= 0.6 is 0 Å². The molecule has 0 aliphatic heterocycles. The van der Waals surface area contributed by atoms with E-state index in [2.05, 4.69) is 19.2 Å². The number of alkyl halides is 2. The van der Waals surface area contributed by atoms with Crippen LogP contribution in [0, 0.1) is 5.41 Å². The van der Waals surface area contributed by atoms with Crippen molar-refractivity contribution in [2.75, 3.05) is 6.54 Å². The number of nitrogens with one attached hydrogen (secondary N) is 1. The molecule has 1 saturated carbocycles. The molecule has 0 radical (unpaired) electrons. The monoisotopic (exact) mass is 205 g/mol. The Bertz CT molecular complexity index is 188. The standard InChI is InChI=1S/C11H21F2N/c1-4-14-11(9(12)13)7-5-6-10(2,3)8-11/h9,14H,4-8H2,1-3H3. The molecule has 0 aromatic heterocycles. The molecule has 1 unspecified atom stereocenters. The number of hydrogen-bond acceptors (Lipinski definition) is 1. The summed E-state index contributed by atoms with van der Waals surface area (Å²) in [5.41, 5.74) is -0.868. The Balaban J connectivity index is 2.76. The molecule has 1 atom stereocenters. The third-order valence-corrected chi connectivity index (χ3v) is 3.22. The molecule has 1 aliphatic carbocycles. The lowest BCUT2D eigenvalue weighted by Gasteiger charge is -2.45. The Kier molecular flexibility index (Phi) is 3.51. The summed E-state index contributed by atoms with van der Waals surface area (Å²) in [6.07, 6.45) is 0.923. The van der Waals surface area contributed by atoms with Crippen molar-refractivity contribution in [3.05, 3.63) is 0 Å². The van der Waals surface area contributed by atoms with Crippen molar-refractivity contribution in [1.82, 2.24) is 5.32 Å². The fourth-order valence-electron chi connectivity index (χ4n) is 2.68. The highest BCUT2D eigenvalue weighted by Gasteiger charge is 2.45. The van der Waals surface area contributed by atoms with Gasteiger partial charge in [-0.25, -0.2) is 8.78 Å². The summed E-state index contributed by atoms with van der Waals surface area (Å²) < 4.78 is 26.1. The van der Waals surface area contributed by atoms with E-state index in [1.807, 2.05) is 6.92 Å². The summed E-state index contributed by atoms with van der Waals surface area (Å²) in [6, 6.07) is 0. The van der Waals surface area contributed by atoms with Crippen LogP contribution in [0.3, 0.4) is 0 Å². The van der Waals surface area contributed by atoms with Gasteiger partial charge in [0.2, 0.25) is 0 Å². The minimum absolute atomic E-state index is 0.0524. The van der Waals surface area contributed by atoms with E-state index < -0.39 is 12.0 Å². The predicted molar refractivity (Wildman–Crippen MR) is 54.7 cm³/mol. The summed E-state index contributed by atoms with van der Waals surface area (Å²) in [4.78, 5) is 0. The predicted octanol–water partition coefficient (Wildman–Crippen LogP) is 3.20. The maximum absolute atomic E-state index is 13.0. The summed E-state index contributed by atoms with van der Waals surface area (Å²) >= 11 is 0. The first kappa shape index (κ1) is 11.9. The lowest BCUT2D eigenvalue weighted by atomic mass is 9.68. The highest BCUT2D eigenvalue weighted by molar-refractivity contribution is 4.98. The maximum Gasteiger partial charge on any atom is 0.256 e. The average molecular weight is 205 g/mol. The van der Waals surface area contributed by atoms with Crippen LogP contribution in [-0.2, 0) is 0 Å². The Morgan fingerprint density at radius 2 is 1.93 bits per heavy atom. The van der Waals surface area contributed by atoms with Crippen molar-refractivity contribution in [2.45, 2.75) is 58.4 Å². The molecule has 0 bridgehead atoms. The summed E-state index contributed by atoms with van der Waals surface area (Å²) in [5, 5.41) is 3.00. The highest BCUT2D eigenvalue weighted by Crippen LogP contribution is 2.43. The largest absolute Gasteiger partial charge is 0.307 e. The molecule has 0 heterocycles. The van der Waals surface area contributed by atoms with Gasteiger partial charge >= 0.3 is 0 Å². The third-order valence-electron chi connectivity index (χ3n) is 3.22. The summed E-state index contributed by atoms with van der Waals surface area (Å²) in [6.45, 7) is 6.69. The van der Waals surface area contributed by atoms with Crippen LogP contribution < -0.4 is 5.32 Å². The van der Waals surface area contributed by atoms with Crippen LogP contribution in [-0.4, -0.2) is 18.5 Å². The normalized spacial score (nSPS) is 32.1. The first-order valence-electron chi connectivity index (χ1n) is 5.45. The van der Waals surface area contributed by atoms with Crippen LogP contribution in [0.25, 0.3) is 0 Å². The fourth-order valence-corrected chi connectivity index (χ4v) is 2.68. The third kappa shape index (κ3) is 2.44. The Labute approximate surface area is 85.3 Å². The van der Waals surface area contributed by atoms with Crippen LogP contribution in [0.5, 0.6) is 0 Å². The zero-order chi connectivity index (χ0) is 10.8. The molecule has 0 saturated heterocycles. The Hall–Kier alpha value is -0.180. The Morgan fingerprint density at radius 3 is 2.36 bits per heavy atom. The minimum Gasteiger partial charge on any atom is -0.307 e. The van der Waals surface area contributed by atoms with Gasteiger partial charge in [-0.2, -0.15) is 0 Å². The van der Waals surface area contributed by atoms with Crippen LogP contribution in [0.2, 0.25) is 0 Å². The first-order chi connectivity index (χ1) is 6.42. The second kappa shape index (κ2) is 4.13. The Morgan fingerprint density at radius 1 is 1.29 bits per heavy atom. The van der Waals surface area contributed by atoms with Gasteiger partial charge in [0.1, 0.15) is 0 Å². The van der Waals surface area contributed by atoms with Gasteiger partial charge in [0.25, 0.3) is 6.43 Å². The van der Waals surface area contributed by atoms with Crippen molar-refractivity contribution in [2.24, 2.45) is 5.41 Å². The van der Waals surface area contributed by atoms with E-state index in [9.17, 15) is 8.78 Å². The number of rotatable bonds is 3. The zero-order valence-corrected chi connectivity index (χ0v) is 9.37. The fraction of sp³-hybridized carbons (Fsp3) is 1.00. The quantitative estimate of drug-likeness (QED) is 0.746. The van der Waals surface area contributed by atoms with Crippen molar-refractivity contribution in [1.29, 1.82) is 0 Å². The van der Waals surface area contributed by atoms with E-state index in [4.69, 9.17) is 0 Å². The van der Waals surface area contributed by atoms with Gasteiger partial charge in [0, 0.05) is 0 Å². The minimum atomic E-state index is -2.25. The topological polar surface area (TPSA) is 12.0 Å². The van der Waals surface area contributed by atoms with Crippen LogP contribution in [0.1, 0.15) is 46.5 Å². The lowest BCUT2D eigenvalue weighted by Crippen LogP contribution is -2.55. The van der Waals surface area contributed by atoms with E-state index >= 15 is 0 Å². The molecular weight excluding hydrogens is 184 g/mol. The molecule has 0 aromatic rings. The van der Waals surface area contributed by atoms with Gasteiger partial charge in [-0.1, -0.05) is 27.2 Å². The molecule has 1 nitrogen and oxygen atoms in total. The highest BCUT2D eigenvalue weighted by atomic mass is 19.3. The van der Waals surface area contributed by atoms with Gasteiger partial charge in [0.15, 0.2) is 0 Å². The number of hydrogen-bond donors (Lipinski definition) is 1. The van der Waals surface area contributed by atoms with Gasteiger partial charge in [-0.05, 0) is 31.2 Å². The molecule has 1 N–H and O–H groups in total. The van der Waals surface area contributed by atoms with E-state index in [0.717, 1.165) is 12.8 Å². The van der Waals surface area contributed by atoms with Crippen molar-refractivity contribution in [3.63, 3.8) is 0 Å². The summed E-state index contributed by atoms with van der Waals surface area (Å²) in [5.74, 6) is 0. The zero-order valence-electron chi connectivity index (χ0n) is 9.37. The average Bonchev–Trinajstić information content (AvgIpc) is 2.02. The van der Waals surface area contributed by atoms with Gasteiger partial charge in [-0.3, -0.25) is 0 Å². The smallest absolute Gasteiger partial charge is 0.256 e. The lowest BCUT2D eigenvalue weighted by molar-refractivity contribution is -0.0233. The van der Waals surface area contributed by atoms with E-state index in [1.165, 1.54) is 0 Å². The maximum atomic E-state index is 13.0. The molecule has 0 amide bonds. The van der Waals surface area contributed by atoms with Gasteiger partial charge in [0.05, 0.1) is 5.54 Å².